The van der Waals surface area contributed by atoms with Crippen molar-refractivity contribution in [3.8, 4) is 5.75 Å². The molecule has 2 heteroatoms. The Bertz CT molecular complexity index is 341. The topological polar surface area (TPSA) is 21.3 Å². The highest BCUT2D eigenvalue weighted by Crippen LogP contribution is 2.20. The monoisotopic (exact) mass is 235 g/mol. The van der Waals surface area contributed by atoms with E-state index in [4.69, 9.17) is 4.74 Å². The third kappa shape index (κ3) is 4.39. The van der Waals surface area contributed by atoms with E-state index < -0.39 is 0 Å². The first-order valence-corrected chi connectivity index (χ1v) is 6.30. The van der Waals surface area contributed by atoms with Gasteiger partial charge in [-0.2, -0.15) is 0 Å². The highest BCUT2D eigenvalue weighted by Gasteiger charge is 2.18. The smallest absolute Gasteiger partial charge is 0.122 e. The molecule has 0 aliphatic carbocycles. The fourth-order valence-corrected chi connectivity index (χ4v) is 1.64. The summed E-state index contributed by atoms with van der Waals surface area (Å²) in [7, 11) is 1.73. The Balaban J connectivity index is 2.46. The molecule has 1 unspecified atom stereocenters. The van der Waals surface area contributed by atoms with Crippen LogP contribution in [0, 0.1) is 5.41 Å². The molecule has 17 heavy (non-hydrogen) atoms. The summed E-state index contributed by atoms with van der Waals surface area (Å²) in [6, 6.07) is 8.72. The number of methoxy groups -OCH3 is 1. The second kappa shape index (κ2) is 6.06. The zero-order valence-corrected chi connectivity index (χ0v) is 11.7. The highest BCUT2D eigenvalue weighted by atomic mass is 16.5. The second-order valence-electron chi connectivity index (χ2n) is 5.60. The minimum absolute atomic E-state index is 0.306. The number of nitrogens with one attached hydrogen (secondary N) is 1. The molecule has 0 aromatic heterocycles. The summed E-state index contributed by atoms with van der Waals surface area (Å²) < 4.78 is 5.34. The molecular formula is C15H25NO. The maximum absolute atomic E-state index is 5.34. The van der Waals surface area contributed by atoms with E-state index in [1.807, 2.05) is 12.1 Å². The first-order valence-electron chi connectivity index (χ1n) is 6.30. The molecule has 0 spiro atoms. The number of ether oxygens (including phenoxy) is 1. The van der Waals surface area contributed by atoms with Crippen LogP contribution in [0.15, 0.2) is 24.3 Å². The van der Waals surface area contributed by atoms with Gasteiger partial charge in [0.1, 0.15) is 5.75 Å². The van der Waals surface area contributed by atoms with Crippen LogP contribution < -0.4 is 10.1 Å². The van der Waals surface area contributed by atoms with Gasteiger partial charge >= 0.3 is 0 Å². The third-order valence-electron chi connectivity index (χ3n) is 3.34. The van der Waals surface area contributed by atoms with Crippen LogP contribution in [-0.4, -0.2) is 19.7 Å². The SMILES string of the molecule is COc1ccccc1CCNC(C)C(C)(C)C. The quantitative estimate of drug-likeness (QED) is 0.846. The molecule has 0 bridgehead atoms. The number of benzene rings is 1. The molecule has 0 amide bonds. The maximum atomic E-state index is 5.34. The molecule has 1 N–H and O–H groups in total. The molecule has 1 atom stereocenters. The Hall–Kier alpha value is -1.02. The van der Waals surface area contributed by atoms with E-state index in [2.05, 4.69) is 45.1 Å². The Kier molecular flexibility index (Phi) is 5.01. The van der Waals surface area contributed by atoms with Gasteiger partial charge in [0, 0.05) is 6.04 Å². The lowest BCUT2D eigenvalue weighted by Gasteiger charge is -2.28. The van der Waals surface area contributed by atoms with E-state index in [0.29, 0.717) is 11.5 Å². The Morgan fingerprint density at radius 2 is 1.88 bits per heavy atom. The van der Waals surface area contributed by atoms with Crippen molar-refractivity contribution < 1.29 is 4.74 Å². The Labute approximate surface area is 105 Å². The van der Waals surface area contributed by atoms with Crippen LogP contribution in [0.2, 0.25) is 0 Å². The second-order valence-corrected chi connectivity index (χ2v) is 5.60. The van der Waals surface area contributed by atoms with E-state index in [0.717, 1.165) is 18.7 Å². The van der Waals surface area contributed by atoms with E-state index >= 15 is 0 Å². The molecule has 96 valence electrons. The van der Waals surface area contributed by atoms with Crippen molar-refractivity contribution in [3.05, 3.63) is 29.8 Å². The summed E-state index contributed by atoms with van der Waals surface area (Å²) in [4.78, 5) is 0. The van der Waals surface area contributed by atoms with Crippen LogP contribution in [0.3, 0.4) is 0 Å². The summed E-state index contributed by atoms with van der Waals surface area (Å²) in [5.41, 5.74) is 1.57. The van der Waals surface area contributed by atoms with Crippen molar-refractivity contribution in [1.82, 2.24) is 5.32 Å². The average Bonchev–Trinajstić information content (AvgIpc) is 2.28. The highest BCUT2D eigenvalue weighted by molar-refractivity contribution is 5.33. The van der Waals surface area contributed by atoms with Crippen molar-refractivity contribution in [2.24, 2.45) is 5.41 Å². The maximum Gasteiger partial charge on any atom is 0.122 e. The van der Waals surface area contributed by atoms with Gasteiger partial charge in [-0.05, 0) is 36.9 Å². The van der Waals surface area contributed by atoms with Gasteiger partial charge in [0.2, 0.25) is 0 Å². The molecule has 1 aromatic carbocycles. The van der Waals surface area contributed by atoms with Gasteiger partial charge in [0.25, 0.3) is 0 Å². The molecule has 0 fully saturated rings. The van der Waals surface area contributed by atoms with Crippen LogP contribution in [-0.2, 0) is 6.42 Å². The number of rotatable bonds is 5. The predicted octanol–water partition coefficient (Wildman–Crippen LogP) is 3.26. The van der Waals surface area contributed by atoms with Crippen molar-refractivity contribution in [2.75, 3.05) is 13.7 Å². The number of hydrogen-bond donors (Lipinski definition) is 1. The minimum atomic E-state index is 0.306. The van der Waals surface area contributed by atoms with E-state index in [-0.39, 0.29) is 0 Å². The lowest BCUT2D eigenvalue weighted by molar-refractivity contribution is 0.287. The van der Waals surface area contributed by atoms with Gasteiger partial charge in [-0.1, -0.05) is 39.0 Å². The minimum Gasteiger partial charge on any atom is -0.496 e. The molecule has 0 aliphatic rings. The third-order valence-corrected chi connectivity index (χ3v) is 3.34. The number of hydrogen-bond acceptors (Lipinski definition) is 2. The van der Waals surface area contributed by atoms with Crippen molar-refractivity contribution >= 4 is 0 Å². The fraction of sp³-hybridized carbons (Fsp3) is 0.600. The summed E-state index contributed by atoms with van der Waals surface area (Å²) in [5, 5.41) is 3.57. The standard InChI is InChI=1S/C15H25NO/c1-12(15(2,3)4)16-11-10-13-8-6-7-9-14(13)17-5/h6-9,12,16H,10-11H2,1-5H3. The van der Waals surface area contributed by atoms with Gasteiger partial charge in [-0.25, -0.2) is 0 Å². The van der Waals surface area contributed by atoms with Gasteiger partial charge in [0.05, 0.1) is 7.11 Å². The lowest BCUT2D eigenvalue weighted by Crippen LogP contribution is -2.38. The van der Waals surface area contributed by atoms with Crippen LogP contribution in [0.1, 0.15) is 33.3 Å². The first-order chi connectivity index (χ1) is 7.95. The van der Waals surface area contributed by atoms with Crippen LogP contribution in [0.4, 0.5) is 0 Å². The molecule has 0 aliphatic heterocycles. The van der Waals surface area contributed by atoms with Gasteiger partial charge in [-0.15, -0.1) is 0 Å². The molecule has 1 rings (SSSR count). The summed E-state index contributed by atoms with van der Waals surface area (Å²) in [5.74, 6) is 0.984. The zero-order valence-electron chi connectivity index (χ0n) is 11.7. The van der Waals surface area contributed by atoms with Crippen molar-refractivity contribution in [1.29, 1.82) is 0 Å². The van der Waals surface area contributed by atoms with Crippen molar-refractivity contribution in [3.63, 3.8) is 0 Å². The largest absolute Gasteiger partial charge is 0.496 e. The van der Waals surface area contributed by atoms with Gasteiger partial charge in [-0.3, -0.25) is 0 Å². The van der Waals surface area contributed by atoms with Crippen LogP contribution >= 0.6 is 0 Å². The summed E-state index contributed by atoms with van der Waals surface area (Å²) in [6.07, 6.45) is 1.00. The molecule has 0 saturated heterocycles. The van der Waals surface area contributed by atoms with Crippen molar-refractivity contribution in [2.45, 2.75) is 40.2 Å². The first kappa shape index (κ1) is 14.0. The van der Waals surface area contributed by atoms with Crippen LogP contribution in [0.25, 0.3) is 0 Å². The van der Waals surface area contributed by atoms with E-state index in [9.17, 15) is 0 Å². The Morgan fingerprint density at radius 1 is 1.24 bits per heavy atom. The normalized spacial score (nSPS) is 13.5. The fourth-order valence-electron chi connectivity index (χ4n) is 1.64. The summed E-state index contributed by atoms with van der Waals surface area (Å²) in [6.45, 7) is 10.00. The average molecular weight is 235 g/mol. The molecular weight excluding hydrogens is 210 g/mol. The molecule has 2 nitrogen and oxygen atoms in total. The zero-order chi connectivity index (χ0) is 12.9. The van der Waals surface area contributed by atoms with Crippen LogP contribution in [0.5, 0.6) is 5.75 Å². The number of para-hydroxylation sites is 1. The molecule has 0 saturated carbocycles. The predicted molar refractivity (Wildman–Crippen MR) is 73.6 cm³/mol. The van der Waals surface area contributed by atoms with Gasteiger partial charge in [0.15, 0.2) is 0 Å². The molecule has 0 heterocycles. The molecule has 1 aromatic rings. The molecule has 0 radical (unpaired) electrons. The lowest BCUT2D eigenvalue weighted by atomic mass is 9.88. The van der Waals surface area contributed by atoms with Gasteiger partial charge < -0.3 is 10.1 Å². The van der Waals surface area contributed by atoms with E-state index in [1.54, 1.807) is 7.11 Å². The summed E-state index contributed by atoms with van der Waals surface area (Å²) >= 11 is 0. The Morgan fingerprint density at radius 3 is 2.47 bits per heavy atom. The van der Waals surface area contributed by atoms with E-state index in [1.165, 1.54) is 5.56 Å².